The van der Waals surface area contributed by atoms with Gasteiger partial charge in [0.25, 0.3) is 0 Å². The van der Waals surface area contributed by atoms with Crippen LogP contribution in [0.3, 0.4) is 0 Å². The van der Waals surface area contributed by atoms with Crippen LogP contribution in [0.25, 0.3) is 0 Å². The second-order valence-electron chi connectivity index (χ2n) is 12.8. The molecule has 1 heterocycles. The van der Waals surface area contributed by atoms with Gasteiger partial charge in [-0.2, -0.15) is 0 Å². The Kier molecular flexibility index (Phi) is 8.76. The highest BCUT2D eigenvalue weighted by atomic mass is 16.6. The molecule has 0 atom stereocenters. The molecule has 5 aromatic rings. The van der Waals surface area contributed by atoms with E-state index in [4.69, 9.17) is 14.2 Å². The molecule has 6 rings (SSSR count). The normalized spacial score (nSPS) is 13.3. The average Bonchev–Trinajstić information content (AvgIpc) is 3.37. The van der Waals surface area contributed by atoms with Crippen LogP contribution in [0.1, 0.15) is 110 Å². The predicted molar refractivity (Wildman–Crippen MR) is 185 cm³/mol. The first-order valence-corrected chi connectivity index (χ1v) is 16.2. The van der Waals surface area contributed by atoms with E-state index in [0.29, 0.717) is 33.8 Å². The molecule has 6 nitrogen and oxygen atoms in total. The van der Waals surface area contributed by atoms with Crippen LogP contribution in [0.5, 0.6) is 11.5 Å². The minimum Gasteiger partial charge on any atom is -0.441 e. The van der Waals surface area contributed by atoms with Crippen molar-refractivity contribution in [2.24, 2.45) is 0 Å². The van der Waals surface area contributed by atoms with Crippen molar-refractivity contribution in [3.8, 4) is 11.5 Å². The maximum absolute atomic E-state index is 13.7. The van der Waals surface area contributed by atoms with Crippen molar-refractivity contribution in [3.05, 3.63) is 165 Å². The maximum atomic E-state index is 13.7. The number of hydrogen-bond acceptors (Lipinski definition) is 6. The number of carbonyl (C=O) groups is 3. The summed E-state index contributed by atoms with van der Waals surface area (Å²) in [5, 5.41) is 0. The Balaban J connectivity index is 1.55. The predicted octanol–water partition coefficient (Wildman–Crippen LogP) is 9.45. The van der Waals surface area contributed by atoms with Gasteiger partial charge in [0.2, 0.25) is 0 Å². The van der Waals surface area contributed by atoms with Crippen molar-refractivity contribution in [2.75, 3.05) is 0 Å². The number of hydrogen-bond donors (Lipinski definition) is 0. The van der Waals surface area contributed by atoms with E-state index in [-0.39, 0.29) is 11.8 Å². The Morgan fingerprint density at radius 3 is 1.44 bits per heavy atom. The summed E-state index contributed by atoms with van der Waals surface area (Å²) in [6, 6.07) is 32.9. The van der Waals surface area contributed by atoms with Crippen molar-refractivity contribution >= 4 is 17.9 Å². The van der Waals surface area contributed by atoms with Gasteiger partial charge in [-0.25, -0.2) is 14.4 Å². The Morgan fingerprint density at radius 2 is 1.00 bits per heavy atom. The van der Waals surface area contributed by atoms with E-state index < -0.39 is 23.5 Å². The summed E-state index contributed by atoms with van der Waals surface area (Å²) >= 11 is 0. The van der Waals surface area contributed by atoms with Crippen molar-refractivity contribution in [3.63, 3.8) is 0 Å². The van der Waals surface area contributed by atoms with E-state index in [9.17, 15) is 14.4 Å². The first-order valence-electron chi connectivity index (χ1n) is 16.2. The summed E-state index contributed by atoms with van der Waals surface area (Å²) in [4.78, 5) is 40.0. The molecule has 0 unspecified atom stereocenters. The molecule has 0 spiro atoms. The molecule has 5 aromatic carbocycles. The lowest BCUT2D eigenvalue weighted by Crippen LogP contribution is -2.32. The minimum atomic E-state index is -1.32. The van der Waals surface area contributed by atoms with Crippen molar-refractivity contribution in [1.82, 2.24) is 0 Å². The maximum Gasteiger partial charge on any atom is 0.343 e. The number of fused-ring (bicyclic) bond motifs is 1. The summed E-state index contributed by atoms with van der Waals surface area (Å²) < 4.78 is 18.5. The summed E-state index contributed by atoms with van der Waals surface area (Å²) in [7, 11) is 0. The third-order valence-electron chi connectivity index (χ3n) is 8.91. The van der Waals surface area contributed by atoms with Crippen LogP contribution < -0.4 is 9.47 Å². The molecule has 0 aromatic heterocycles. The minimum absolute atomic E-state index is 0.0283. The lowest BCUT2D eigenvalue weighted by molar-refractivity contribution is 0.0247. The molecular formula is C42H38O6. The number of cyclic esters (lactones) is 1. The first kappa shape index (κ1) is 32.5. The molecule has 242 valence electrons. The van der Waals surface area contributed by atoms with Gasteiger partial charge >= 0.3 is 17.9 Å². The van der Waals surface area contributed by atoms with Gasteiger partial charge in [-0.15, -0.1) is 0 Å². The standard InChI is InChI=1S/C42H38O6/c1-25(2)32-23-35(27(5)21-37(32)46-39(43)29-15-9-7-10-16-29)42(34-20-14-13-19-31(34)41(45)48-42)36-24-33(26(3)4)38(22-28(36)6)47-40(44)30-17-11-8-12-18-30/h7-26H,1-6H3. The molecule has 0 bridgehead atoms. The number of carbonyl (C=O) groups excluding carboxylic acids is 3. The molecule has 1 aliphatic rings. The molecule has 0 saturated carbocycles. The quantitative estimate of drug-likeness (QED) is 0.124. The van der Waals surface area contributed by atoms with E-state index >= 15 is 0 Å². The fourth-order valence-corrected chi connectivity index (χ4v) is 6.46. The second-order valence-corrected chi connectivity index (χ2v) is 12.8. The van der Waals surface area contributed by atoms with E-state index in [1.54, 1.807) is 54.6 Å². The van der Waals surface area contributed by atoms with Crippen LogP contribution in [0.15, 0.2) is 109 Å². The van der Waals surface area contributed by atoms with Gasteiger partial charge in [0.05, 0.1) is 16.7 Å². The molecule has 0 N–H and O–H groups in total. The highest BCUT2D eigenvalue weighted by molar-refractivity contribution is 5.97. The van der Waals surface area contributed by atoms with E-state index in [0.717, 1.165) is 33.4 Å². The van der Waals surface area contributed by atoms with Gasteiger partial charge in [0.15, 0.2) is 5.60 Å². The molecule has 48 heavy (non-hydrogen) atoms. The number of aryl methyl sites for hydroxylation is 2. The lowest BCUT2D eigenvalue weighted by Gasteiger charge is -2.34. The van der Waals surface area contributed by atoms with Gasteiger partial charge in [-0.05, 0) is 103 Å². The summed E-state index contributed by atoms with van der Waals surface area (Å²) in [6.45, 7) is 12.0. The molecule has 6 heteroatoms. The summed E-state index contributed by atoms with van der Waals surface area (Å²) in [6.07, 6.45) is 0. The molecule has 1 aliphatic heterocycles. The zero-order valence-corrected chi connectivity index (χ0v) is 28.0. The van der Waals surface area contributed by atoms with Crippen LogP contribution in [0.4, 0.5) is 0 Å². The molecule has 0 saturated heterocycles. The monoisotopic (exact) mass is 638 g/mol. The first-order chi connectivity index (χ1) is 23.0. The van der Waals surface area contributed by atoms with Crippen molar-refractivity contribution in [2.45, 2.75) is 59.0 Å². The Labute approximate surface area is 281 Å². The van der Waals surface area contributed by atoms with Crippen molar-refractivity contribution < 1.29 is 28.6 Å². The highest BCUT2D eigenvalue weighted by Gasteiger charge is 2.50. The van der Waals surface area contributed by atoms with Gasteiger partial charge in [0, 0.05) is 16.7 Å². The van der Waals surface area contributed by atoms with E-state index in [2.05, 4.69) is 0 Å². The van der Waals surface area contributed by atoms with Crippen LogP contribution in [-0.4, -0.2) is 17.9 Å². The number of esters is 3. The fourth-order valence-electron chi connectivity index (χ4n) is 6.46. The average molecular weight is 639 g/mol. The summed E-state index contributed by atoms with van der Waals surface area (Å²) in [5.74, 6) is -0.476. The molecule has 0 radical (unpaired) electrons. The zero-order chi connectivity index (χ0) is 34.2. The van der Waals surface area contributed by atoms with Crippen LogP contribution in [0.2, 0.25) is 0 Å². The van der Waals surface area contributed by atoms with Crippen LogP contribution in [0, 0.1) is 13.8 Å². The Morgan fingerprint density at radius 1 is 0.583 bits per heavy atom. The highest BCUT2D eigenvalue weighted by Crippen LogP contribution is 2.51. The largest absolute Gasteiger partial charge is 0.441 e. The lowest BCUT2D eigenvalue weighted by atomic mass is 9.74. The number of benzene rings is 5. The van der Waals surface area contributed by atoms with Gasteiger partial charge in [0.1, 0.15) is 11.5 Å². The molecular weight excluding hydrogens is 600 g/mol. The van der Waals surface area contributed by atoms with Crippen LogP contribution in [-0.2, 0) is 10.3 Å². The van der Waals surface area contributed by atoms with E-state index in [1.165, 1.54) is 0 Å². The fraction of sp³-hybridized carbons (Fsp3) is 0.214. The molecule has 0 fully saturated rings. The third kappa shape index (κ3) is 5.79. The topological polar surface area (TPSA) is 78.9 Å². The summed E-state index contributed by atoms with van der Waals surface area (Å²) in [5.41, 5.74) is 5.47. The SMILES string of the molecule is Cc1cc(OC(=O)c2ccccc2)c(C(C)C)cc1C1(c2cc(C(C)C)c(OC(=O)c3ccccc3)cc2C)OC(=O)c2ccccc21. The Hall–Kier alpha value is -5.49. The van der Waals surface area contributed by atoms with Gasteiger partial charge < -0.3 is 14.2 Å². The number of ether oxygens (including phenoxy) is 3. The smallest absolute Gasteiger partial charge is 0.343 e. The Bertz CT molecular complexity index is 1910. The van der Waals surface area contributed by atoms with Crippen LogP contribution >= 0.6 is 0 Å². The van der Waals surface area contributed by atoms with Gasteiger partial charge in [-0.3, -0.25) is 0 Å². The molecule has 0 amide bonds. The third-order valence-corrected chi connectivity index (χ3v) is 8.91. The second kappa shape index (κ2) is 13.0. The van der Waals surface area contributed by atoms with E-state index in [1.807, 2.05) is 96.1 Å². The van der Waals surface area contributed by atoms with Gasteiger partial charge in [-0.1, -0.05) is 82.3 Å². The molecule has 0 aliphatic carbocycles. The number of rotatable bonds is 8. The van der Waals surface area contributed by atoms with Crippen molar-refractivity contribution in [1.29, 1.82) is 0 Å². The zero-order valence-electron chi connectivity index (χ0n) is 28.0.